The molecule has 0 unspecified atom stereocenters. The van der Waals surface area contributed by atoms with Gasteiger partial charge in [0.05, 0.1) is 0 Å². The minimum absolute atomic E-state index is 0.777. The molecule has 0 fully saturated rings. The van der Waals surface area contributed by atoms with E-state index in [1.54, 1.807) is 0 Å². The van der Waals surface area contributed by atoms with Crippen LogP contribution in [0.15, 0.2) is 72.8 Å². The fourth-order valence-corrected chi connectivity index (χ4v) is 3.73. The summed E-state index contributed by atoms with van der Waals surface area (Å²) < 4.78 is 0. The Balaban J connectivity index is 2.10. The topological polar surface area (TPSA) is 0 Å². The van der Waals surface area contributed by atoms with Crippen LogP contribution in [0.1, 0.15) is 11.1 Å². The first kappa shape index (κ1) is 14.6. The maximum atomic E-state index is 6.54. The first-order valence-electron chi connectivity index (χ1n) is 7.56. The molecule has 0 aliphatic heterocycles. The van der Waals surface area contributed by atoms with Crippen LogP contribution in [0.4, 0.5) is 0 Å². The zero-order chi connectivity index (χ0) is 15.8. The summed E-state index contributed by atoms with van der Waals surface area (Å²) in [6.45, 7) is 0. The molecule has 0 saturated heterocycles. The van der Waals surface area contributed by atoms with E-state index in [2.05, 4.69) is 42.5 Å². The lowest BCUT2D eigenvalue weighted by Crippen LogP contribution is -1.93. The van der Waals surface area contributed by atoms with Crippen LogP contribution in [-0.4, -0.2) is 0 Å². The zero-order valence-electron chi connectivity index (χ0n) is 12.4. The molecule has 0 spiro atoms. The Morgan fingerprint density at radius 3 is 2.22 bits per heavy atom. The molecule has 4 aromatic carbocycles. The van der Waals surface area contributed by atoms with Gasteiger partial charge in [0.25, 0.3) is 0 Å². The SMILES string of the molecule is Clc1cccc2c(Cc3ccccc3)c3c(Cl)cccc3cc12. The Morgan fingerprint density at radius 1 is 0.652 bits per heavy atom. The highest BCUT2D eigenvalue weighted by atomic mass is 35.5. The number of fused-ring (bicyclic) bond motifs is 2. The predicted octanol–water partition coefficient (Wildman–Crippen LogP) is 6.89. The molecule has 0 amide bonds. The van der Waals surface area contributed by atoms with Gasteiger partial charge in [0.1, 0.15) is 0 Å². The lowest BCUT2D eigenvalue weighted by atomic mass is 9.92. The molecule has 0 bridgehead atoms. The van der Waals surface area contributed by atoms with E-state index in [1.165, 1.54) is 16.5 Å². The van der Waals surface area contributed by atoms with E-state index in [9.17, 15) is 0 Å². The molecule has 0 nitrogen and oxygen atoms in total. The summed E-state index contributed by atoms with van der Waals surface area (Å²) in [4.78, 5) is 0. The van der Waals surface area contributed by atoms with Gasteiger partial charge in [-0.2, -0.15) is 0 Å². The highest BCUT2D eigenvalue weighted by Gasteiger charge is 2.12. The summed E-state index contributed by atoms with van der Waals surface area (Å²) in [7, 11) is 0. The van der Waals surface area contributed by atoms with E-state index in [4.69, 9.17) is 23.2 Å². The van der Waals surface area contributed by atoms with Gasteiger partial charge in [0.15, 0.2) is 0 Å². The molecule has 0 radical (unpaired) electrons. The summed E-state index contributed by atoms with van der Waals surface area (Å²) in [5.41, 5.74) is 2.50. The van der Waals surface area contributed by atoms with E-state index >= 15 is 0 Å². The maximum Gasteiger partial charge on any atom is 0.0487 e. The summed E-state index contributed by atoms with van der Waals surface area (Å²) in [6, 6.07) is 24.7. The van der Waals surface area contributed by atoms with E-state index in [1.807, 2.05) is 30.3 Å². The van der Waals surface area contributed by atoms with Crippen LogP contribution in [0.2, 0.25) is 10.0 Å². The monoisotopic (exact) mass is 336 g/mol. The second-order valence-electron chi connectivity index (χ2n) is 5.69. The Hall–Kier alpha value is -2.02. The van der Waals surface area contributed by atoms with Crippen LogP contribution < -0.4 is 0 Å². The number of hydrogen-bond donors (Lipinski definition) is 0. The fraction of sp³-hybridized carbons (Fsp3) is 0.0476. The molecule has 0 saturated carbocycles. The zero-order valence-corrected chi connectivity index (χ0v) is 13.9. The lowest BCUT2D eigenvalue weighted by Gasteiger charge is -2.14. The maximum absolute atomic E-state index is 6.54. The Labute approximate surface area is 145 Å². The molecular weight excluding hydrogens is 323 g/mol. The Morgan fingerprint density at radius 2 is 1.39 bits per heavy atom. The van der Waals surface area contributed by atoms with Gasteiger partial charge >= 0.3 is 0 Å². The van der Waals surface area contributed by atoms with Crippen molar-refractivity contribution in [1.82, 2.24) is 0 Å². The van der Waals surface area contributed by atoms with E-state index in [0.29, 0.717) is 0 Å². The molecule has 0 atom stereocenters. The lowest BCUT2D eigenvalue weighted by molar-refractivity contribution is 1.23. The fourth-order valence-electron chi connectivity index (χ4n) is 3.20. The molecule has 112 valence electrons. The van der Waals surface area contributed by atoms with Gasteiger partial charge < -0.3 is 0 Å². The second-order valence-corrected chi connectivity index (χ2v) is 6.50. The molecule has 2 heteroatoms. The average molecular weight is 337 g/mol. The Kier molecular flexibility index (Phi) is 3.72. The number of rotatable bonds is 2. The van der Waals surface area contributed by atoms with Crippen LogP contribution in [0, 0.1) is 0 Å². The normalized spacial score (nSPS) is 11.2. The van der Waals surface area contributed by atoms with Crippen molar-refractivity contribution in [1.29, 1.82) is 0 Å². The van der Waals surface area contributed by atoms with Crippen LogP contribution in [0.5, 0.6) is 0 Å². The average Bonchev–Trinajstić information content (AvgIpc) is 2.57. The van der Waals surface area contributed by atoms with Crippen molar-refractivity contribution >= 4 is 44.7 Å². The summed E-state index contributed by atoms with van der Waals surface area (Å²) in [5, 5.41) is 6.06. The van der Waals surface area contributed by atoms with Crippen molar-refractivity contribution in [3.8, 4) is 0 Å². The number of hydrogen-bond acceptors (Lipinski definition) is 0. The summed E-state index contributed by atoms with van der Waals surface area (Å²) >= 11 is 13.0. The summed E-state index contributed by atoms with van der Waals surface area (Å²) in [5.74, 6) is 0. The molecule has 0 N–H and O–H groups in total. The van der Waals surface area contributed by atoms with Crippen molar-refractivity contribution in [2.24, 2.45) is 0 Å². The molecule has 23 heavy (non-hydrogen) atoms. The highest BCUT2D eigenvalue weighted by Crippen LogP contribution is 2.37. The van der Waals surface area contributed by atoms with Gasteiger partial charge in [-0.25, -0.2) is 0 Å². The first-order chi connectivity index (χ1) is 11.2. The van der Waals surface area contributed by atoms with Gasteiger partial charge in [-0.3, -0.25) is 0 Å². The van der Waals surface area contributed by atoms with Crippen LogP contribution in [-0.2, 0) is 6.42 Å². The smallest absolute Gasteiger partial charge is 0.0487 e. The van der Waals surface area contributed by atoms with Crippen LogP contribution >= 0.6 is 23.2 Å². The molecule has 0 aliphatic rings. The largest absolute Gasteiger partial charge is 0.0837 e. The minimum Gasteiger partial charge on any atom is -0.0837 e. The molecule has 4 rings (SSSR count). The van der Waals surface area contributed by atoms with E-state index in [-0.39, 0.29) is 0 Å². The minimum atomic E-state index is 0.777. The number of halogens is 2. The third-order valence-corrected chi connectivity index (χ3v) is 4.89. The number of benzene rings is 4. The van der Waals surface area contributed by atoms with Gasteiger partial charge in [-0.05, 0) is 46.5 Å². The van der Waals surface area contributed by atoms with Crippen molar-refractivity contribution in [3.05, 3.63) is 94.0 Å². The van der Waals surface area contributed by atoms with E-state index in [0.717, 1.165) is 32.6 Å². The van der Waals surface area contributed by atoms with Crippen LogP contribution in [0.25, 0.3) is 21.5 Å². The van der Waals surface area contributed by atoms with Gasteiger partial charge in [0, 0.05) is 20.8 Å². The molecule has 4 aromatic rings. The standard InChI is InChI=1S/C21H14Cl2/c22-19-10-5-9-16-17(19)13-15-8-4-11-20(23)21(15)18(16)12-14-6-2-1-3-7-14/h1-11,13H,12H2. The molecule has 0 heterocycles. The Bertz CT molecular complexity index is 1000. The molecule has 0 aliphatic carbocycles. The van der Waals surface area contributed by atoms with Crippen LogP contribution in [0.3, 0.4) is 0 Å². The van der Waals surface area contributed by atoms with Gasteiger partial charge in [-0.1, -0.05) is 77.8 Å². The van der Waals surface area contributed by atoms with Gasteiger partial charge in [0.2, 0.25) is 0 Å². The quantitative estimate of drug-likeness (QED) is 0.349. The van der Waals surface area contributed by atoms with Crippen molar-refractivity contribution in [3.63, 3.8) is 0 Å². The first-order valence-corrected chi connectivity index (χ1v) is 8.32. The third kappa shape index (κ3) is 2.59. The van der Waals surface area contributed by atoms with Crippen molar-refractivity contribution in [2.45, 2.75) is 6.42 Å². The highest BCUT2D eigenvalue weighted by molar-refractivity contribution is 6.38. The third-order valence-electron chi connectivity index (χ3n) is 4.25. The summed E-state index contributed by atoms with van der Waals surface area (Å²) in [6.07, 6.45) is 0.832. The second kappa shape index (κ2) is 5.88. The van der Waals surface area contributed by atoms with Crippen molar-refractivity contribution in [2.75, 3.05) is 0 Å². The molecular formula is C21H14Cl2. The molecule has 0 aromatic heterocycles. The van der Waals surface area contributed by atoms with Crippen molar-refractivity contribution < 1.29 is 0 Å². The van der Waals surface area contributed by atoms with Gasteiger partial charge in [-0.15, -0.1) is 0 Å². The van der Waals surface area contributed by atoms with E-state index < -0.39 is 0 Å². The predicted molar refractivity (Wildman–Crippen MR) is 101 cm³/mol.